The van der Waals surface area contributed by atoms with E-state index in [2.05, 4.69) is 15.5 Å². The van der Waals surface area contributed by atoms with Gasteiger partial charge in [-0.3, -0.25) is 9.89 Å². The number of nitrogens with one attached hydrogen (secondary N) is 2. The zero-order chi connectivity index (χ0) is 16.5. The Labute approximate surface area is 152 Å². The average molecular weight is 365 g/mol. The number of carbonyl (C=O) groups is 1. The number of aromatic nitrogens is 2. The van der Waals surface area contributed by atoms with Gasteiger partial charge in [0.2, 0.25) is 0 Å². The fourth-order valence-corrected chi connectivity index (χ4v) is 3.79. The van der Waals surface area contributed by atoms with Gasteiger partial charge in [0.1, 0.15) is 11.5 Å². The van der Waals surface area contributed by atoms with Crippen molar-refractivity contribution in [2.24, 2.45) is 11.8 Å². The lowest BCUT2D eigenvalue weighted by atomic mass is 9.92. The zero-order valence-electron chi connectivity index (χ0n) is 13.9. The molecule has 1 amide bonds. The topological polar surface area (TPSA) is 61.0 Å². The van der Waals surface area contributed by atoms with Crippen LogP contribution in [0.25, 0.3) is 11.3 Å². The van der Waals surface area contributed by atoms with Crippen LogP contribution in [0.5, 0.6) is 0 Å². The first-order valence-electron chi connectivity index (χ1n) is 8.52. The Kier molecular flexibility index (Phi) is 5.39. The molecule has 0 spiro atoms. The molecule has 25 heavy (non-hydrogen) atoms. The lowest BCUT2D eigenvalue weighted by molar-refractivity contribution is 0.0752. The number of carbonyl (C=O) groups excluding carboxylic acids is 1. The third-order valence-corrected chi connectivity index (χ3v) is 5.25. The maximum atomic E-state index is 13.0. The van der Waals surface area contributed by atoms with Crippen molar-refractivity contribution in [2.75, 3.05) is 26.2 Å². The number of halogens is 2. The molecular formula is C18H22ClFN4O. The molecule has 4 rings (SSSR count). The number of likely N-dealkylation sites (tertiary alicyclic amines) is 1. The fraction of sp³-hybridized carbons (Fsp3) is 0.444. The second-order valence-corrected chi connectivity index (χ2v) is 6.72. The monoisotopic (exact) mass is 364 g/mol. The Morgan fingerprint density at radius 3 is 2.40 bits per heavy atom. The molecule has 0 aliphatic carbocycles. The van der Waals surface area contributed by atoms with Crippen LogP contribution in [0, 0.1) is 17.7 Å². The summed E-state index contributed by atoms with van der Waals surface area (Å²) in [4.78, 5) is 14.7. The molecule has 0 radical (unpaired) electrons. The van der Waals surface area contributed by atoms with Crippen molar-refractivity contribution >= 4 is 18.3 Å². The van der Waals surface area contributed by atoms with Crippen molar-refractivity contribution in [2.45, 2.75) is 12.8 Å². The first-order valence-corrected chi connectivity index (χ1v) is 8.52. The molecule has 2 aliphatic rings. The molecule has 5 nitrogen and oxygen atoms in total. The van der Waals surface area contributed by atoms with E-state index in [1.54, 1.807) is 18.2 Å². The van der Waals surface area contributed by atoms with Crippen molar-refractivity contribution in [1.29, 1.82) is 0 Å². The van der Waals surface area contributed by atoms with Gasteiger partial charge in [0.15, 0.2) is 0 Å². The number of H-pyrrole nitrogens is 1. The largest absolute Gasteiger partial charge is 0.337 e. The smallest absolute Gasteiger partial charge is 0.271 e. The molecule has 0 bridgehead atoms. The van der Waals surface area contributed by atoms with Crippen LogP contribution in [0.4, 0.5) is 4.39 Å². The van der Waals surface area contributed by atoms with Gasteiger partial charge in [-0.2, -0.15) is 5.10 Å². The molecule has 2 aliphatic heterocycles. The van der Waals surface area contributed by atoms with Gasteiger partial charge in [-0.25, -0.2) is 4.39 Å². The minimum atomic E-state index is -0.282. The van der Waals surface area contributed by atoms with E-state index >= 15 is 0 Å². The van der Waals surface area contributed by atoms with E-state index < -0.39 is 0 Å². The first kappa shape index (κ1) is 17.9. The summed E-state index contributed by atoms with van der Waals surface area (Å²) >= 11 is 0. The molecular weight excluding hydrogens is 343 g/mol. The van der Waals surface area contributed by atoms with Crippen LogP contribution in [0.1, 0.15) is 23.3 Å². The number of amides is 1. The third kappa shape index (κ3) is 3.70. The van der Waals surface area contributed by atoms with Gasteiger partial charge in [-0.05, 0) is 68.1 Å². The Hall–Kier alpha value is -1.92. The quantitative estimate of drug-likeness (QED) is 0.861. The molecule has 1 aromatic carbocycles. The average Bonchev–Trinajstić information content (AvgIpc) is 3.21. The second kappa shape index (κ2) is 7.54. The highest BCUT2D eigenvalue weighted by molar-refractivity contribution is 5.93. The maximum absolute atomic E-state index is 13.0. The Morgan fingerprint density at radius 2 is 1.76 bits per heavy atom. The van der Waals surface area contributed by atoms with Crippen molar-refractivity contribution in [3.05, 3.63) is 41.8 Å². The molecule has 2 N–H and O–H groups in total. The number of benzene rings is 1. The summed E-state index contributed by atoms with van der Waals surface area (Å²) in [5, 5.41) is 10.5. The Bertz CT molecular complexity index is 719. The molecule has 2 fully saturated rings. The standard InChI is InChI=1S/C18H21FN4O.ClH/c19-15-3-1-12(2-4-15)16-9-17(22-21-16)18(24)23-7-5-13-10-20-11-14(13)6-8-23;/h1-4,9,13-14,20H,5-8,10-11H2,(H,21,22);1H/t13-,14+;. The predicted octanol–water partition coefficient (Wildman–Crippen LogP) is 2.71. The van der Waals surface area contributed by atoms with Crippen LogP contribution >= 0.6 is 12.4 Å². The van der Waals surface area contributed by atoms with E-state index in [0.717, 1.165) is 44.6 Å². The number of rotatable bonds is 2. The van der Waals surface area contributed by atoms with Crippen LogP contribution in [0.15, 0.2) is 30.3 Å². The number of nitrogens with zero attached hydrogens (tertiary/aromatic N) is 2. The van der Waals surface area contributed by atoms with E-state index in [-0.39, 0.29) is 24.1 Å². The van der Waals surface area contributed by atoms with Crippen LogP contribution in [-0.4, -0.2) is 47.2 Å². The molecule has 0 saturated carbocycles. The first-order chi connectivity index (χ1) is 11.7. The molecule has 3 heterocycles. The SMILES string of the molecule is Cl.O=C(c1cc(-c2ccc(F)cc2)n[nH]1)N1CC[C@@H]2CNC[C@@H]2CC1. The summed E-state index contributed by atoms with van der Waals surface area (Å²) in [6.45, 7) is 3.75. The van der Waals surface area contributed by atoms with Gasteiger partial charge >= 0.3 is 0 Å². The minimum Gasteiger partial charge on any atom is -0.337 e. The highest BCUT2D eigenvalue weighted by Gasteiger charge is 2.32. The summed E-state index contributed by atoms with van der Waals surface area (Å²) in [7, 11) is 0. The molecule has 134 valence electrons. The summed E-state index contributed by atoms with van der Waals surface area (Å²) in [5.74, 6) is 1.11. The molecule has 0 unspecified atom stereocenters. The van der Waals surface area contributed by atoms with Crippen LogP contribution in [0.3, 0.4) is 0 Å². The Morgan fingerprint density at radius 1 is 1.12 bits per heavy atom. The number of hydrogen-bond acceptors (Lipinski definition) is 3. The predicted molar refractivity (Wildman–Crippen MR) is 96.2 cm³/mol. The lowest BCUT2D eigenvalue weighted by Crippen LogP contribution is -2.33. The van der Waals surface area contributed by atoms with Gasteiger partial charge in [-0.15, -0.1) is 12.4 Å². The molecule has 1 aromatic heterocycles. The van der Waals surface area contributed by atoms with Gasteiger partial charge in [0.25, 0.3) is 5.91 Å². The number of aromatic amines is 1. The van der Waals surface area contributed by atoms with Crippen molar-refractivity contribution in [3.8, 4) is 11.3 Å². The minimum absolute atomic E-state index is 0. The van der Waals surface area contributed by atoms with Crippen molar-refractivity contribution < 1.29 is 9.18 Å². The Balaban J connectivity index is 0.00000182. The molecule has 2 atom stereocenters. The highest BCUT2D eigenvalue weighted by Crippen LogP contribution is 2.28. The van der Waals surface area contributed by atoms with Crippen LogP contribution in [-0.2, 0) is 0 Å². The fourth-order valence-electron chi connectivity index (χ4n) is 3.79. The van der Waals surface area contributed by atoms with Crippen molar-refractivity contribution in [1.82, 2.24) is 20.4 Å². The summed E-state index contributed by atoms with van der Waals surface area (Å²) in [6.07, 6.45) is 2.12. The summed E-state index contributed by atoms with van der Waals surface area (Å²) < 4.78 is 13.0. The molecule has 2 aromatic rings. The maximum Gasteiger partial charge on any atom is 0.271 e. The lowest BCUT2D eigenvalue weighted by Gasteiger charge is -2.19. The van der Waals surface area contributed by atoms with Crippen molar-refractivity contribution in [3.63, 3.8) is 0 Å². The highest BCUT2D eigenvalue weighted by atomic mass is 35.5. The normalized spacial score (nSPS) is 22.8. The second-order valence-electron chi connectivity index (χ2n) is 6.72. The van der Waals surface area contributed by atoms with Gasteiger partial charge in [0.05, 0.1) is 5.69 Å². The van der Waals surface area contributed by atoms with E-state index in [4.69, 9.17) is 0 Å². The zero-order valence-corrected chi connectivity index (χ0v) is 14.7. The van der Waals surface area contributed by atoms with E-state index in [0.29, 0.717) is 23.2 Å². The van der Waals surface area contributed by atoms with Crippen LogP contribution < -0.4 is 5.32 Å². The van der Waals surface area contributed by atoms with Gasteiger partial charge < -0.3 is 10.2 Å². The van der Waals surface area contributed by atoms with E-state index in [9.17, 15) is 9.18 Å². The summed E-state index contributed by atoms with van der Waals surface area (Å²) in [6, 6.07) is 7.88. The van der Waals surface area contributed by atoms with Gasteiger partial charge in [-0.1, -0.05) is 0 Å². The molecule has 7 heteroatoms. The molecule has 2 saturated heterocycles. The van der Waals surface area contributed by atoms with E-state index in [1.165, 1.54) is 12.1 Å². The third-order valence-electron chi connectivity index (χ3n) is 5.25. The number of fused-ring (bicyclic) bond motifs is 1. The van der Waals surface area contributed by atoms with Crippen LogP contribution in [0.2, 0.25) is 0 Å². The van der Waals surface area contributed by atoms with E-state index in [1.807, 2.05) is 4.90 Å². The summed E-state index contributed by atoms with van der Waals surface area (Å²) in [5.41, 5.74) is 1.96. The van der Waals surface area contributed by atoms with Gasteiger partial charge in [0, 0.05) is 18.7 Å². The number of hydrogen-bond donors (Lipinski definition) is 2.